The van der Waals surface area contributed by atoms with Crippen LogP contribution in [0.15, 0.2) is 58.6 Å². The van der Waals surface area contributed by atoms with Gasteiger partial charge in [-0.15, -0.1) is 0 Å². The molecule has 0 heterocycles. The highest BCUT2D eigenvalue weighted by molar-refractivity contribution is 6.31. The minimum atomic E-state index is -1.07. The van der Waals surface area contributed by atoms with Gasteiger partial charge < -0.3 is 4.74 Å². The highest BCUT2D eigenvalue weighted by Crippen LogP contribution is 2.30. The van der Waals surface area contributed by atoms with Crippen molar-refractivity contribution < 1.29 is 9.53 Å². The fourth-order valence-corrected chi connectivity index (χ4v) is 1.86. The zero-order valence-electron chi connectivity index (χ0n) is 8.97. The molecule has 0 saturated heterocycles. The Hall–Kier alpha value is -1.83. The first kappa shape index (κ1) is 11.6. The molecule has 0 fully saturated rings. The molecule has 86 valence electrons. The van der Waals surface area contributed by atoms with Crippen molar-refractivity contribution >= 4 is 17.7 Å². The predicted octanol–water partition coefficient (Wildman–Crippen LogP) is 3.18. The normalized spacial score (nSPS) is 22.5. The summed E-state index contributed by atoms with van der Waals surface area (Å²) in [6.45, 7) is 0. The van der Waals surface area contributed by atoms with Gasteiger partial charge in [0, 0.05) is 17.5 Å². The number of aliphatic imine (C=N–C) groups is 1. The lowest BCUT2D eigenvalue weighted by molar-refractivity contribution is 0.131. The lowest BCUT2D eigenvalue weighted by atomic mass is 10.1. The van der Waals surface area contributed by atoms with Gasteiger partial charge in [-0.05, 0) is 18.2 Å². The number of para-hydroxylation sites is 1. The van der Waals surface area contributed by atoms with Crippen LogP contribution in [0.4, 0.5) is 0 Å². The van der Waals surface area contributed by atoms with Crippen LogP contribution in [-0.2, 0) is 4.79 Å². The molecule has 0 spiro atoms. The van der Waals surface area contributed by atoms with Crippen molar-refractivity contribution in [1.29, 1.82) is 0 Å². The Balaban J connectivity index is 2.31. The molecule has 1 aromatic rings. The van der Waals surface area contributed by atoms with Crippen molar-refractivity contribution in [2.75, 3.05) is 0 Å². The highest BCUT2D eigenvalue weighted by Gasteiger charge is 2.30. The lowest BCUT2D eigenvalue weighted by Crippen LogP contribution is -2.32. The van der Waals surface area contributed by atoms with Crippen molar-refractivity contribution in [3.8, 4) is 5.75 Å². The molecule has 1 atom stereocenters. The zero-order chi connectivity index (χ0) is 12.1. The maximum absolute atomic E-state index is 10.5. The summed E-state index contributed by atoms with van der Waals surface area (Å²) in [5.41, 5.74) is -1.07. The molecular formula is C13H10ClNO2. The fourth-order valence-electron chi connectivity index (χ4n) is 1.60. The van der Waals surface area contributed by atoms with Crippen molar-refractivity contribution in [2.24, 2.45) is 4.99 Å². The SMILES string of the molecule is O=C=NC1(Oc2ccccc2)C=C(Cl)C=CC1. The lowest BCUT2D eigenvalue weighted by Gasteiger charge is -2.27. The summed E-state index contributed by atoms with van der Waals surface area (Å²) in [4.78, 5) is 14.2. The van der Waals surface area contributed by atoms with Crippen LogP contribution in [0, 0.1) is 0 Å². The van der Waals surface area contributed by atoms with E-state index in [9.17, 15) is 4.79 Å². The third kappa shape index (κ3) is 2.84. The Morgan fingerprint density at radius 2 is 2.12 bits per heavy atom. The van der Waals surface area contributed by atoms with Crippen LogP contribution < -0.4 is 4.74 Å². The summed E-state index contributed by atoms with van der Waals surface area (Å²) in [5.74, 6) is 0.627. The number of ether oxygens (including phenoxy) is 1. The smallest absolute Gasteiger partial charge is 0.239 e. The fraction of sp³-hybridized carbons (Fsp3) is 0.154. The first-order valence-electron chi connectivity index (χ1n) is 5.12. The van der Waals surface area contributed by atoms with Crippen LogP contribution in [0.3, 0.4) is 0 Å². The Kier molecular flexibility index (Phi) is 3.43. The molecule has 3 nitrogen and oxygen atoms in total. The molecule has 17 heavy (non-hydrogen) atoms. The molecule has 0 saturated carbocycles. The molecule has 0 radical (unpaired) electrons. The molecule has 2 rings (SSSR count). The maximum atomic E-state index is 10.5. The van der Waals surface area contributed by atoms with Gasteiger partial charge in [0.1, 0.15) is 5.75 Å². The van der Waals surface area contributed by atoms with E-state index in [-0.39, 0.29) is 0 Å². The maximum Gasteiger partial charge on any atom is 0.239 e. The summed E-state index contributed by atoms with van der Waals surface area (Å²) < 4.78 is 5.71. The second kappa shape index (κ2) is 5.00. The minimum Gasteiger partial charge on any atom is -0.461 e. The van der Waals surface area contributed by atoms with Gasteiger partial charge in [-0.3, -0.25) is 0 Å². The number of allylic oxidation sites excluding steroid dienone is 2. The van der Waals surface area contributed by atoms with E-state index >= 15 is 0 Å². The van der Waals surface area contributed by atoms with E-state index in [1.54, 1.807) is 24.3 Å². The van der Waals surface area contributed by atoms with Crippen molar-refractivity contribution in [3.05, 3.63) is 53.6 Å². The third-order valence-electron chi connectivity index (χ3n) is 2.32. The number of rotatable bonds is 3. The van der Waals surface area contributed by atoms with Crippen LogP contribution >= 0.6 is 11.6 Å². The van der Waals surface area contributed by atoms with Gasteiger partial charge >= 0.3 is 0 Å². The van der Waals surface area contributed by atoms with Gasteiger partial charge in [-0.2, -0.15) is 4.99 Å². The average Bonchev–Trinajstić information content (AvgIpc) is 2.30. The van der Waals surface area contributed by atoms with Crippen molar-refractivity contribution in [2.45, 2.75) is 12.1 Å². The van der Waals surface area contributed by atoms with Crippen LogP contribution in [-0.4, -0.2) is 11.8 Å². The van der Waals surface area contributed by atoms with Gasteiger partial charge in [0.05, 0.1) is 0 Å². The summed E-state index contributed by atoms with van der Waals surface area (Å²) in [7, 11) is 0. The quantitative estimate of drug-likeness (QED) is 0.608. The number of carbonyl (C=O) groups excluding carboxylic acids is 1. The molecule has 4 heteroatoms. The second-order valence-electron chi connectivity index (χ2n) is 3.60. The third-order valence-corrected chi connectivity index (χ3v) is 2.56. The van der Waals surface area contributed by atoms with E-state index in [1.165, 1.54) is 6.08 Å². The Bertz CT molecular complexity index is 503. The number of benzene rings is 1. The topological polar surface area (TPSA) is 38.7 Å². The van der Waals surface area contributed by atoms with E-state index < -0.39 is 5.72 Å². The largest absolute Gasteiger partial charge is 0.461 e. The number of hydrogen-bond acceptors (Lipinski definition) is 3. The molecule has 0 N–H and O–H groups in total. The van der Waals surface area contributed by atoms with Crippen molar-refractivity contribution in [1.82, 2.24) is 0 Å². The Labute approximate surface area is 104 Å². The number of halogens is 1. The number of isocyanates is 1. The molecule has 0 aromatic heterocycles. The summed E-state index contributed by atoms with van der Waals surface area (Å²) in [6, 6.07) is 9.16. The van der Waals surface area contributed by atoms with Crippen molar-refractivity contribution in [3.63, 3.8) is 0 Å². The van der Waals surface area contributed by atoms with E-state index in [1.807, 2.05) is 24.3 Å². The van der Waals surface area contributed by atoms with Gasteiger partial charge in [-0.1, -0.05) is 35.9 Å². The molecule has 1 aromatic carbocycles. The average molecular weight is 248 g/mol. The van der Waals surface area contributed by atoms with E-state index in [0.29, 0.717) is 17.2 Å². The van der Waals surface area contributed by atoms with Crippen LogP contribution in [0.1, 0.15) is 6.42 Å². The first-order chi connectivity index (χ1) is 8.24. The van der Waals surface area contributed by atoms with Crippen LogP contribution in [0.25, 0.3) is 0 Å². The molecule has 0 bridgehead atoms. The molecule has 0 amide bonds. The molecule has 1 unspecified atom stereocenters. The number of nitrogens with zero attached hydrogens (tertiary/aromatic N) is 1. The van der Waals surface area contributed by atoms with Gasteiger partial charge in [0.15, 0.2) is 0 Å². The highest BCUT2D eigenvalue weighted by atomic mass is 35.5. The monoisotopic (exact) mass is 247 g/mol. The summed E-state index contributed by atoms with van der Waals surface area (Å²) in [5, 5.41) is 0.492. The van der Waals surface area contributed by atoms with Gasteiger partial charge in [0.25, 0.3) is 0 Å². The predicted molar refractivity (Wildman–Crippen MR) is 65.6 cm³/mol. The van der Waals surface area contributed by atoms with E-state index in [4.69, 9.17) is 16.3 Å². The molecule has 0 aliphatic heterocycles. The van der Waals surface area contributed by atoms with Crippen LogP contribution in [0.5, 0.6) is 5.75 Å². The number of hydrogen-bond donors (Lipinski definition) is 0. The second-order valence-corrected chi connectivity index (χ2v) is 4.04. The Morgan fingerprint density at radius 1 is 1.35 bits per heavy atom. The minimum absolute atomic E-state index is 0.452. The molecule has 1 aliphatic carbocycles. The van der Waals surface area contributed by atoms with Gasteiger partial charge in [-0.25, -0.2) is 4.79 Å². The van der Waals surface area contributed by atoms with Gasteiger partial charge in [0.2, 0.25) is 11.8 Å². The van der Waals surface area contributed by atoms with E-state index in [2.05, 4.69) is 4.99 Å². The summed E-state index contributed by atoms with van der Waals surface area (Å²) in [6.07, 6.45) is 7.14. The molecule has 1 aliphatic rings. The first-order valence-corrected chi connectivity index (χ1v) is 5.50. The zero-order valence-corrected chi connectivity index (χ0v) is 9.72. The van der Waals surface area contributed by atoms with Crippen LogP contribution in [0.2, 0.25) is 0 Å². The molecular weight excluding hydrogens is 238 g/mol. The Morgan fingerprint density at radius 3 is 2.76 bits per heavy atom. The van der Waals surface area contributed by atoms with E-state index in [0.717, 1.165) is 0 Å². The standard InChI is InChI=1S/C13H10ClNO2/c14-11-5-4-8-13(9-11,15-10-16)17-12-6-2-1-3-7-12/h1-7,9H,8H2. The summed E-state index contributed by atoms with van der Waals surface area (Å²) >= 11 is 5.91.